The van der Waals surface area contributed by atoms with Gasteiger partial charge in [-0.25, -0.2) is 0 Å². The fraction of sp³-hybridized carbons (Fsp3) is 0.130. The van der Waals surface area contributed by atoms with Gasteiger partial charge in [-0.05, 0) is 226 Å². The molecular formula is C92H74N4. The molecule has 4 nitrogen and oxygen atoms in total. The van der Waals surface area contributed by atoms with Gasteiger partial charge >= 0.3 is 0 Å². The van der Waals surface area contributed by atoms with Crippen molar-refractivity contribution in [1.82, 2.24) is 0 Å². The fourth-order valence-corrected chi connectivity index (χ4v) is 17.4. The number of para-hydroxylation sites is 2. The first kappa shape index (κ1) is 57.5. The summed E-state index contributed by atoms with van der Waals surface area (Å²) in [5, 5.41) is 4.91. The van der Waals surface area contributed by atoms with E-state index in [1.807, 2.05) is 0 Å². The predicted octanol–water partition coefficient (Wildman–Crippen LogP) is 26.0. The number of rotatable bonds is 13. The third kappa shape index (κ3) is 9.72. The SMILES string of the molecule is c1ccc(N(c2ccc(-c3ccc(N(c4ccccc4)c4ccc(N(c5ccc6c(c5)C5(CCCCC5)c5ccccc5-6)c5cccc6ccccc56)cc4)cc3)cc2)c2ccc(N(c3ccc4c(c3)C3(CCCCC3)c3ccccc3-4)c3cccc4ccccc34)cc2)cc1. The molecule has 0 aliphatic heterocycles. The van der Waals surface area contributed by atoms with Gasteiger partial charge in [-0.3, -0.25) is 0 Å². The molecule has 4 heteroatoms. The minimum Gasteiger partial charge on any atom is -0.311 e. The van der Waals surface area contributed by atoms with Gasteiger partial charge in [0.2, 0.25) is 0 Å². The van der Waals surface area contributed by atoms with Crippen LogP contribution in [-0.4, -0.2) is 0 Å². The number of anilines is 12. The van der Waals surface area contributed by atoms with Crippen molar-refractivity contribution in [3.05, 3.63) is 350 Å². The number of hydrogen-bond acceptors (Lipinski definition) is 4. The molecule has 0 bridgehead atoms. The van der Waals surface area contributed by atoms with Crippen molar-refractivity contribution in [2.24, 2.45) is 0 Å². The number of hydrogen-bond donors (Lipinski definition) is 0. The van der Waals surface area contributed by atoms with Gasteiger partial charge in [0.1, 0.15) is 0 Å². The van der Waals surface area contributed by atoms with Crippen molar-refractivity contribution in [2.45, 2.75) is 75.0 Å². The molecule has 4 aliphatic rings. The molecule has 0 unspecified atom stereocenters. The second-order valence-electron chi connectivity index (χ2n) is 27.0. The average Bonchev–Trinajstić information content (AvgIpc) is 1.55. The van der Waals surface area contributed by atoms with Crippen molar-refractivity contribution in [2.75, 3.05) is 19.6 Å². The Morgan fingerprint density at radius 3 is 0.885 bits per heavy atom. The van der Waals surface area contributed by atoms with Crippen molar-refractivity contribution in [3.63, 3.8) is 0 Å². The van der Waals surface area contributed by atoms with Gasteiger partial charge < -0.3 is 19.6 Å². The molecule has 0 N–H and O–H groups in total. The van der Waals surface area contributed by atoms with Crippen LogP contribution in [0.5, 0.6) is 0 Å². The molecule has 18 rings (SSSR count). The maximum atomic E-state index is 2.54. The van der Waals surface area contributed by atoms with Gasteiger partial charge in [0, 0.05) is 78.5 Å². The summed E-state index contributed by atoms with van der Waals surface area (Å²) in [6.45, 7) is 0. The zero-order valence-electron chi connectivity index (χ0n) is 54.0. The molecule has 0 atom stereocenters. The lowest BCUT2D eigenvalue weighted by Gasteiger charge is -2.36. The summed E-state index contributed by atoms with van der Waals surface area (Å²) in [5.41, 5.74) is 27.5. The summed E-state index contributed by atoms with van der Waals surface area (Å²) in [6.07, 6.45) is 12.4. The molecule has 4 aliphatic carbocycles. The number of benzene rings is 14. The van der Waals surface area contributed by atoms with Crippen LogP contribution in [0.3, 0.4) is 0 Å². The lowest BCUT2D eigenvalue weighted by atomic mass is 9.68. The monoisotopic (exact) mass is 1230 g/mol. The normalized spacial score (nSPS) is 14.6. The molecule has 462 valence electrons. The highest BCUT2D eigenvalue weighted by Crippen LogP contribution is 2.59. The smallest absolute Gasteiger partial charge is 0.0540 e. The Bertz CT molecular complexity index is 4840. The summed E-state index contributed by atoms with van der Waals surface area (Å²) < 4.78 is 0. The molecule has 2 fully saturated rings. The van der Waals surface area contributed by atoms with E-state index in [2.05, 4.69) is 347 Å². The first-order chi connectivity index (χ1) is 47.6. The van der Waals surface area contributed by atoms with Gasteiger partial charge in [-0.15, -0.1) is 0 Å². The topological polar surface area (TPSA) is 13.0 Å². The van der Waals surface area contributed by atoms with E-state index in [-0.39, 0.29) is 10.8 Å². The first-order valence-corrected chi connectivity index (χ1v) is 34.7. The van der Waals surface area contributed by atoms with Crippen LogP contribution >= 0.6 is 0 Å². The zero-order valence-corrected chi connectivity index (χ0v) is 54.0. The van der Waals surface area contributed by atoms with Crippen LogP contribution in [0, 0.1) is 0 Å². The van der Waals surface area contributed by atoms with E-state index in [9.17, 15) is 0 Å². The van der Waals surface area contributed by atoms with Crippen molar-refractivity contribution >= 4 is 89.8 Å². The van der Waals surface area contributed by atoms with Gasteiger partial charge in [0.05, 0.1) is 11.4 Å². The molecule has 0 aromatic heterocycles. The fourth-order valence-electron chi connectivity index (χ4n) is 17.4. The average molecular weight is 1240 g/mol. The van der Waals surface area contributed by atoms with Gasteiger partial charge in [0.15, 0.2) is 0 Å². The Morgan fingerprint density at radius 1 is 0.198 bits per heavy atom. The van der Waals surface area contributed by atoms with E-state index >= 15 is 0 Å². The lowest BCUT2D eigenvalue weighted by Crippen LogP contribution is -2.28. The zero-order chi connectivity index (χ0) is 63.6. The van der Waals surface area contributed by atoms with E-state index in [1.165, 1.54) is 153 Å². The number of fused-ring (bicyclic) bond motifs is 12. The second kappa shape index (κ2) is 24.0. The molecule has 14 aromatic rings. The highest BCUT2D eigenvalue weighted by Gasteiger charge is 2.45. The summed E-state index contributed by atoms with van der Waals surface area (Å²) >= 11 is 0. The highest BCUT2D eigenvalue weighted by atomic mass is 15.2. The lowest BCUT2D eigenvalue weighted by molar-refractivity contribution is 0.353. The Balaban J connectivity index is 0.662. The molecule has 0 saturated heterocycles. The van der Waals surface area contributed by atoms with Crippen molar-refractivity contribution in [1.29, 1.82) is 0 Å². The Kier molecular flexibility index (Phi) is 14.4. The maximum Gasteiger partial charge on any atom is 0.0540 e. The Hall–Kier alpha value is -11.2. The largest absolute Gasteiger partial charge is 0.311 e. The molecule has 2 spiro atoms. The van der Waals surface area contributed by atoms with Crippen LogP contribution < -0.4 is 19.6 Å². The second-order valence-corrected chi connectivity index (χ2v) is 27.0. The summed E-state index contributed by atoms with van der Waals surface area (Å²) in [6, 6.07) is 122. The molecule has 0 amide bonds. The van der Waals surface area contributed by atoms with E-state index in [0.29, 0.717) is 0 Å². The molecule has 0 heterocycles. The Morgan fingerprint density at radius 2 is 0.490 bits per heavy atom. The third-order valence-electron chi connectivity index (χ3n) is 21.8. The minimum absolute atomic E-state index is 0.0450. The van der Waals surface area contributed by atoms with Crippen LogP contribution in [0.2, 0.25) is 0 Å². The molecule has 0 radical (unpaired) electrons. The third-order valence-corrected chi connectivity index (χ3v) is 21.8. The van der Waals surface area contributed by atoms with Crippen molar-refractivity contribution < 1.29 is 0 Å². The van der Waals surface area contributed by atoms with E-state index < -0.39 is 0 Å². The molecule has 96 heavy (non-hydrogen) atoms. The maximum absolute atomic E-state index is 2.54. The van der Waals surface area contributed by atoms with Crippen LogP contribution in [0.4, 0.5) is 68.2 Å². The molecule has 14 aromatic carbocycles. The highest BCUT2D eigenvalue weighted by molar-refractivity contribution is 6.01. The van der Waals surface area contributed by atoms with Gasteiger partial charge in [-0.2, -0.15) is 0 Å². The van der Waals surface area contributed by atoms with E-state index in [4.69, 9.17) is 0 Å². The minimum atomic E-state index is 0.0450. The summed E-state index contributed by atoms with van der Waals surface area (Å²) in [5.74, 6) is 0. The molecule has 2 saturated carbocycles. The van der Waals surface area contributed by atoms with Crippen LogP contribution in [-0.2, 0) is 10.8 Å². The van der Waals surface area contributed by atoms with Gasteiger partial charge in [-0.1, -0.05) is 233 Å². The van der Waals surface area contributed by atoms with Crippen LogP contribution in [0.15, 0.2) is 328 Å². The number of nitrogens with zero attached hydrogens (tertiary/aromatic N) is 4. The van der Waals surface area contributed by atoms with Crippen LogP contribution in [0.1, 0.15) is 86.5 Å². The van der Waals surface area contributed by atoms with Gasteiger partial charge in [0.25, 0.3) is 0 Å². The predicted molar refractivity (Wildman–Crippen MR) is 404 cm³/mol. The van der Waals surface area contributed by atoms with E-state index in [1.54, 1.807) is 0 Å². The molecular weight excluding hydrogens is 1160 g/mol. The quantitative estimate of drug-likeness (QED) is 0.114. The summed E-state index contributed by atoms with van der Waals surface area (Å²) in [7, 11) is 0. The summed E-state index contributed by atoms with van der Waals surface area (Å²) in [4.78, 5) is 9.74. The first-order valence-electron chi connectivity index (χ1n) is 34.7. The van der Waals surface area contributed by atoms with Crippen molar-refractivity contribution in [3.8, 4) is 33.4 Å². The van der Waals surface area contributed by atoms with E-state index in [0.717, 1.165) is 56.6 Å². The Labute approximate surface area is 564 Å². The van der Waals surface area contributed by atoms with Crippen LogP contribution in [0.25, 0.3) is 54.9 Å². The standard InChI is InChI=1S/C92H74N4/c1-5-27-69(28-6-1)93(73-47-51-75(52-48-73)95(89-37-21-25-67-23-9-11-31-79(67)89)77-55-57-83-81-33-13-15-35-85(81)91(87(83)63-77)59-17-3-18-60-91)71-43-39-65(40-44-71)66-41-45-72(46-42-66)94(70-29-7-2-8-30-70)74-49-53-76(54-50-74)96(90-38-22-26-68-24-10-12-32-80(68)90)78-56-58-84-82-34-14-16-36-86(82)92(88(84)64-78)61-19-4-20-62-92/h1-2,5-16,21-58,63-64H,3-4,17-20,59-62H2.